The van der Waals surface area contributed by atoms with Gasteiger partial charge in [0.1, 0.15) is 20.2 Å². The molecule has 5 rings (SSSR count). The molecule has 0 unspecified atom stereocenters. The molecule has 4 aromatic rings. The molecule has 13 nitrogen and oxygen atoms in total. The fourth-order valence-electron chi connectivity index (χ4n) is 4.15. The van der Waals surface area contributed by atoms with Crippen LogP contribution in [-0.4, -0.2) is 47.5 Å². The molecular formula is C24H15N5Na2O8S2. The van der Waals surface area contributed by atoms with Crippen molar-refractivity contribution >= 4 is 60.5 Å². The number of nitrogens with zero attached hydrogens (tertiary/aromatic N) is 2. The van der Waals surface area contributed by atoms with Crippen LogP contribution < -0.4 is 75.5 Å². The minimum Gasteiger partial charge on any atom is -0.744 e. The summed E-state index contributed by atoms with van der Waals surface area (Å²) in [6.07, 6.45) is 2.78. The summed E-state index contributed by atoms with van der Waals surface area (Å²) in [6, 6.07) is 11.5. The molecule has 0 aliphatic heterocycles. The van der Waals surface area contributed by atoms with Crippen molar-refractivity contribution in [2.24, 2.45) is 0 Å². The molecule has 0 atom stereocenters. The fraction of sp³-hybridized carbons (Fsp3) is 0. The second-order valence-electron chi connectivity index (χ2n) is 8.23. The minimum atomic E-state index is -5.22. The fourth-order valence-corrected chi connectivity index (χ4v) is 5.44. The summed E-state index contributed by atoms with van der Waals surface area (Å²) in [6.45, 7) is 0. The van der Waals surface area contributed by atoms with E-state index in [9.17, 15) is 35.5 Å². The van der Waals surface area contributed by atoms with E-state index in [-0.39, 0.29) is 98.8 Å². The predicted octanol–water partition coefficient (Wildman–Crippen LogP) is -3.86. The van der Waals surface area contributed by atoms with Crippen molar-refractivity contribution in [1.29, 1.82) is 0 Å². The van der Waals surface area contributed by atoms with Crippen LogP contribution in [0.3, 0.4) is 0 Å². The molecule has 1 heterocycles. The Morgan fingerprint density at radius 1 is 0.683 bits per heavy atom. The Labute approximate surface area is 278 Å². The maximum Gasteiger partial charge on any atom is 1.00 e. The monoisotopic (exact) mass is 611 g/mol. The van der Waals surface area contributed by atoms with Gasteiger partial charge < -0.3 is 25.5 Å². The van der Waals surface area contributed by atoms with E-state index in [1.807, 2.05) is 0 Å². The van der Waals surface area contributed by atoms with Crippen LogP contribution in [0.2, 0.25) is 0 Å². The first kappa shape index (κ1) is 32.8. The molecule has 3 aromatic carbocycles. The van der Waals surface area contributed by atoms with Crippen molar-refractivity contribution in [3.8, 4) is 0 Å². The van der Waals surface area contributed by atoms with E-state index in [0.29, 0.717) is 0 Å². The van der Waals surface area contributed by atoms with Crippen LogP contribution in [0.5, 0.6) is 0 Å². The zero-order chi connectivity index (χ0) is 28.1. The Bertz CT molecular complexity index is 1920. The Balaban J connectivity index is 0.00000231. The van der Waals surface area contributed by atoms with Crippen molar-refractivity contribution in [1.82, 2.24) is 9.97 Å². The summed E-state index contributed by atoms with van der Waals surface area (Å²) in [5.74, 6) is -1.47. The van der Waals surface area contributed by atoms with Gasteiger partial charge in [-0.3, -0.25) is 9.59 Å². The summed E-state index contributed by atoms with van der Waals surface area (Å²) in [5.41, 5.74) is 3.81. The van der Waals surface area contributed by atoms with Gasteiger partial charge in [0.25, 0.3) is 0 Å². The van der Waals surface area contributed by atoms with E-state index in [0.717, 1.165) is 12.1 Å². The third kappa shape index (κ3) is 6.39. The minimum absolute atomic E-state index is 0. The van der Waals surface area contributed by atoms with Gasteiger partial charge in [-0.2, -0.15) is 0 Å². The Kier molecular flexibility index (Phi) is 9.82. The number of nitrogen functional groups attached to an aromatic ring is 1. The van der Waals surface area contributed by atoms with Gasteiger partial charge in [-0.05, 0) is 30.3 Å². The van der Waals surface area contributed by atoms with Gasteiger partial charge in [0.15, 0.2) is 11.6 Å². The van der Waals surface area contributed by atoms with Gasteiger partial charge in [0, 0.05) is 29.2 Å². The molecule has 41 heavy (non-hydrogen) atoms. The summed E-state index contributed by atoms with van der Waals surface area (Å²) >= 11 is 0. The number of nitrogens with one attached hydrogen (secondary N) is 2. The Morgan fingerprint density at radius 3 is 1.80 bits per heavy atom. The van der Waals surface area contributed by atoms with E-state index < -0.39 is 52.8 Å². The molecule has 0 saturated heterocycles. The molecule has 0 amide bonds. The number of carbonyl (C=O) groups excluding carboxylic acids is 2. The topological polar surface area (TPSA) is 224 Å². The number of hydrogen-bond donors (Lipinski definition) is 3. The average molecular weight is 612 g/mol. The van der Waals surface area contributed by atoms with Gasteiger partial charge in [-0.15, -0.1) is 0 Å². The second kappa shape index (κ2) is 12.3. The third-order valence-electron chi connectivity index (χ3n) is 5.81. The number of nitrogens with two attached hydrogens (primary N) is 1. The quantitative estimate of drug-likeness (QED) is 0.0951. The molecule has 1 aromatic heterocycles. The van der Waals surface area contributed by atoms with E-state index in [1.54, 1.807) is 0 Å². The second-order valence-corrected chi connectivity index (χ2v) is 10.9. The first-order valence-corrected chi connectivity index (χ1v) is 13.7. The van der Waals surface area contributed by atoms with Crippen molar-refractivity contribution in [2.75, 3.05) is 16.4 Å². The maximum atomic E-state index is 13.4. The van der Waals surface area contributed by atoms with E-state index in [2.05, 4.69) is 20.6 Å². The summed E-state index contributed by atoms with van der Waals surface area (Å²) < 4.78 is 72.1. The number of rotatable bonds is 6. The van der Waals surface area contributed by atoms with Crippen LogP contribution in [0.1, 0.15) is 31.8 Å². The van der Waals surface area contributed by atoms with Crippen LogP contribution in [0.25, 0.3) is 0 Å². The molecule has 0 radical (unpaired) electrons. The van der Waals surface area contributed by atoms with Gasteiger partial charge in [0.05, 0.1) is 38.0 Å². The van der Waals surface area contributed by atoms with Crippen molar-refractivity contribution < 1.29 is 94.6 Å². The predicted molar refractivity (Wildman–Crippen MR) is 135 cm³/mol. The number of benzene rings is 3. The van der Waals surface area contributed by atoms with E-state index in [1.165, 1.54) is 54.9 Å². The molecule has 0 bridgehead atoms. The van der Waals surface area contributed by atoms with Crippen molar-refractivity contribution in [3.05, 3.63) is 89.2 Å². The van der Waals surface area contributed by atoms with Gasteiger partial charge in [0.2, 0.25) is 5.95 Å². The van der Waals surface area contributed by atoms with E-state index in [4.69, 9.17) is 5.73 Å². The SMILES string of the molecule is Nc1c(S(=O)(=O)[O-])cc(Nc2ccc(Nc3ncccn3)c(S(=O)(=O)[O-])c2)c2c1C(=O)c1ccccc1C2=O.[Na+].[Na+]. The maximum absolute atomic E-state index is 13.4. The summed E-state index contributed by atoms with van der Waals surface area (Å²) in [5, 5.41) is 5.28. The Hall–Kier alpha value is -2.70. The number of carbonyl (C=O) groups is 2. The van der Waals surface area contributed by atoms with Crippen molar-refractivity contribution in [3.63, 3.8) is 0 Å². The molecule has 17 heteroatoms. The zero-order valence-electron chi connectivity index (χ0n) is 21.4. The standard InChI is InChI=1S/C24H17N5O8S2.2Na/c25-21-18(39(35,36)37)11-16(19-20(21)23(31)14-5-2-1-4-13(14)22(19)30)28-12-6-7-15(17(10-12)38(32,33)34)29-24-26-8-3-9-27-24;;/h1-11,28H,25H2,(H,26,27,29)(H,32,33,34)(H,35,36,37);;/q;2*+1/p-2. The molecule has 0 saturated carbocycles. The van der Waals surface area contributed by atoms with Crippen LogP contribution in [0.15, 0.2) is 76.8 Å². The van der Waals surface area contributed by atoms with Gasteiger partial charge in [-0.1, -0.05) is 24.3 Å². The molecule has 0 spiro atoms. The van der Waals surface area contributed by atoms with Gasteiger partial charge in [-0.25, -0.2) is 26.8 Å². The number of hydrogen-bond acceptors (Lipinski definition) is 13. The summed E-state index contributed by atoms with van der Waals surface area (Å²) in [4.78, 5) is 32.8. The van der Waals surface area contributed by atoms with Crippen LogP contribution in [0.4, 0.5) is 28.7 Å². The zero-order valence-corrected chi connectivity index (χ0v) is 27.0. The third-order valence-corrected chi connectivity index (χ3v) is 7.56. The van der Waals surface area contributed by atoms with E-state index >= 15 is 0 Å². The number of anilines is 5. The van der Waals surface area contributed by atoms with Gasteiger partial charge >= 0.3 is 59.1 Å². The molecular weight excluding hydrogens is 596 g/mol. The van der Waals surface area contributed by atoms with Crippen molar-refractivity contribution in [2.45, 2.75) is 9.79 Å². The number of fused-ring (bicyclic) bond motifs is 2. The molecule has 1 aliphatic carbocycles. The normalized spacial score (nSPS) is 12.3. The summed E-state index contributed by atoms with van der Waals surface area (Å²) in [7, 11) is -10.3. The molecule has 0 fully saturated rings. The average Bonchev–Trinajstić information content (AvgIpc) is 2.88. The van der Waals surface area contributed by atoms with Crippen LogP contribution in [-0.2, 0) is 20.2 Å². The first-order valence-electron chi connectivity index (χ1n) is 10.9. The van der Waals surface area contributed by atoms with Crippen LogP contribution >= 0.6 is 0 Å². The molecule has 198 valence electrons. The Morgan fingerprint density at radius 2 is 1.24 bits per heavy atom. The smallest absolute Gasteiger partial charge is 0.744 e. The molecule has 4 N–H and O–H groups in total. The largest absolute Gasteiger partial charge is 1.00 e. The molecule has 1 aliphatic rings. The number of ketones is 2. The van der Waals surface area contributed by atoms with Crippen LogP contribution in [0, 0.1) is 0 Å². The number of aromatic nitrogens is 2. The first-order chi connectivity index (χ1) is 18.4.